The molecule has 2 aromatic carbocycles. The van der Waals surface area contributed by atoms with Gasteiger partial charge >= 0.3 is 0 Å². The number of carbonyl (C=O) groups excluding carboxylic acids is 2. The number of rotatable bonds is 2. The molecule has 2 atom stereocenters. The highest BCUT2D eigenvalue weighted by Gasteiger charge is 2.49. The third kappa shape index (κ3) is 2.34. The van der Waals surface area contributed by atoms with Crippen LogP contribution >= 0.6 is 11.6 Å². The molecule has 0 saturated heterocycles. The van der Waals surface area contributed by atoms with E-state index in [0.29, 0.717) is 10.6 Å². The minimum atomic E-state index is -1.21. The second kappa shape index (κ2) is 6.07. The van der Waals surface area contributed by atoms with Crippen molar-refractivity contribution in [2.24, 2.45) is 0 Å². The van der Waals surface area contributed by atoms with Crippen LogP contribution in [0.4, 0.5) is 0 Å². The Morgan fingerprint density at radius 3 is 2.27 bits per heavy atom. The summed E-state index contributed by atoms with van der Waals surface area (Å²) in [6.07, 6.45) is 0. The number of ether oxygens (including phenoxy) is 1. The van der Waals surface area contributed by atoms with Crippen LogP contribution in [0.1, 0.15) is 32.2 Å². The number of hydrogen-bond donors (Lipinski definition) is 0. The smallest absolute Gasteiger partial charge is 0.257 e. The highest BCUT2D eigenvalue weighted by Crippen LogP contribution is 2.43. The van der Waals surface area contributed by atoms with Gasteiger partial charge in [-0.15, -0.1) is 0 Å². The Bertz CT molecular complexity index is 997. The molecule has 0 radical (unpaired) electrons. The first-order chi connectivity index (χ1) is 12.5. The van der Waals surface area contributed by atoms with Crippen molar-refractivity contribution in [1.29, 1.82) is 0 Å². The predicted octanol–water partition coefficient (Wildman–Crippen LogP) is 3.43. The molecule has 26 heavy (non-hydrogen) atoms. The van der Waals surface area contributed by atoms with E-state index in [9.17, 15) is 19.7 Å². The molecule has 0 amide bonds. The maximum Gasteiger partial charge on any atom is 0.257 e. The van der Waals surface area contributed by atoms with Crippen molar-refractivity contribution in [2.45, 2.75) is 12.0 Å². The molecule has 0 fully saturated rings. The van der Waals surface area contributed by atoms with Crippen molar-refractivity contribution in [3.05, 3.63) is 91.7 Å². The topological polar surface area (TPSA) is 86.5 Å². The summed E-state index contributed by atoms with van der Waals surface area (Å²) >= 11 is 6.26. The summed E-state index contributed by atoms with van der Waals surface area (Å²) in [6, 6.07) is 11.8. The lowest BCUT2D eigenvalue weighted by atomic mass is 9.75. The van der Waals surface area contributed by atoms with Gasteiger partial charge in [-0.05, 0) is 11.6 Å². The number of benzene rings is 2. The summed E-state index contributed by atoms with van der Waals surface area (Å²) < 4.78 is 5.41. The van der Waals surface area contributed by atoms with Crippen LogP contribution in [0.2, 0.25) is 5.02 Å². The van der Waals surface area contributed by atoms with Gasteiger partial charge in [0.2, 0.25) is 5.78 Å². The van der Waals surface area contributed by atoms with E-state index in [2.05, 4.69) is 0 Å². The van der Waals surface area contributed by atoms with Crippen molar-refractivity contribution < 1.29 is 19.2 Å². The minimum Gasteiger partial charge on any atom is -0.482 e. The Morgan fingerprint density at radius 1 is 1.00 bits per heavy atom. The van der Waals surface area contributed by atoms with Crippen LogP contribution in [0, 0.1) is 10.1 Å². The molecule has 0 N–H and O–H groups in total. The molecule has 0 aromatic heterocycles. The van der Waals surface area contributed by atoms with E-state index >= 15 is 0 Å². The molecule has 0 bridgehead atoms. The summed E-state index contributed by atoms with van der Waals surface area (Å²) in [6.45, 7) is -0.303. The number of carbonyl (C=O) groups is 2. The lowest BCUT2D eigenvalue weighted by molar-refractivity contribution is -0.529. The highest BCUT2D eigenvalue weighted by molar-refractivity contribution is 6.32. The van der Waals surface area contributed by atoms with Gasteiger partial charge in [-0.3, -0.25) is 19.7 Å². The van der Waals surface area contributed by atoms with Gasteiger partial charge in [-0.25, -0.2) is 0 Å². The lowest BCUT2D eigenvalue weighted by Gasteiger charge is -2.33. The van der Waals surface area contributed by atoms with Gasteiger partial charge < -0.3 is 4.74 Å². The summed E-state index contributed by atoms with van der Waals surface area (Å²) in [4.78, 5) is 37.0. The Morgan fingerprint density at radius 2 is 1.62 bits per heavy atom. The first-order valence-corrected chi connectivity index (χ1v) is 8.31. The van der Waals surface area contributed by atoms with Gasteiger partial charge in [0.25, 0.3) is 6.04 Å². The lowest BCUT2D eigenvalue weighted by Crippen LogP contribution is -2.42. The maximum atomic E-state index is 13.1. The molecule has 0 saturated carbocycles. The predicted molar refractivity (Wildman–Crippen MR) is 93.1 cm³/mol. The number of nitro groups is 1. The van der Waals surface area contributed by atoms with E-state index < -0.39 is 28.4 Å². The van der Waals surface area contributed by atoms with Gasteiger partial charge in [0.05, 0.1) is 11.5 Å². The van der Waals surface area contributed by atoms with Gasteiger partial charge in [-0.1, -0.05) is 54.1 Å². The number of nitrogens with zero attached hydrogens (tertiary/aromatic N) is 1. The Balaban J connectivity index is 1.97. The molecule has 7 heteroatoms. The van der Waals surface area contributed by atoms with Crippen molar-refractivity contribution in [2.75, 3.05) is 6.61 Å². The average Bonchev–Trinajstić information content (AvgIpc) is 2.65. The number of hydrogen-bond acceptors (Lipinski definition) is 5. The van der Waals surface area contributed by atoms with Crippen molar-refractivity contribution in [1.82, 2.24) is 0 Å². The summed E-state index contributed by atoms with van der Waals surface area (Å²) in [7, 11) is 0. The zero-order valence-corrected chi connectivity index (χ0v) is 14.1. The molecule has 1 aliphatic carbocycles. The molecule has 6 nitrogen and oxygen atoms in total. The summed E-state index contributed by atoms with van der Waals surface area (Å²) in [5.74, 6) is -1.94. The van der Waals surface area contributed by atoms with Crippen LogP contribution in [-0.4, -0.2) is 29.1 Å². The molecule has 1 aliphatic heterocycles. The number of halogens is 1. The zero-order valence-electron chi connectivity index (χ0n) is 13.3. The number of Topliss-reactive ketones (excluding diaryl/α,β-unsaturated/α-hetero) is 2. The number of allylic oxidation sites excluding steroid dienone is 1. The largest absolute Gasteiger partial charge is 0.482 e. The molecular formula is C19H12ClNO5. The molecule has 130 valence electrons. The Labute approximate surface area is 153 Å². The standard InChI is InChI=1S/C19H12ClNO5/c20-13-8-4-3-7-12(13)15-14(21(24)25)9-26-19-16(15)17(22)10-5-1-2-6-11(10)18(19)23/h1-8,14-15H,9H2/t14-,15+/m0/s1. The third-order valence-corrected chi connectivity index (χ3v) is 5.06. The fourth-order valence-corrected chi connectivity index (χ4v) is 3.78. The molecule has 1 heterocycles. The fraction of sp³-hybridized carbons (Fsp3) is 0.158. The van der Waals surface area contributed by atoms with Crippen molar-refractivity contribution in [3.63, 3.8) is 0 Å². The Hall–Kier alpha value is -2.99. The van der Waals surface area contributed by atoms with Crippen molar-refractivity contribution in [3.8, 4) is 0 Å². The van der Waals surface area contributed by atoms with E-state index in [1.165, 1.54) is 0 Å². The first-order valence-electron chi connectivity index (χ1n) is 7.94. The molecule has 2 aromatic rings. The second-order valence-corrected chi connectivity index (χ2v) is 6.52. The molecule has 0 spiro atoms. The average molecular weight is 370 g/mol. The molecule has 4 rings (SSSR count). The molecule has 0 unspecified atom stereocenters. The van der Waals surface area contributed by atoms with E-state index in [4.69, 9.17) is 16.3 Å². The van der Waals surface area contributed by atoms with Crippen LogP contribution < -0.4 is 0 Å². The van der Waals surface area contributed by atoms with E-state index in [-0.39, 0.29) is 29.1 Å². The SMILES string of the molecule is O=C1C2=C(C(=O)c3ccccc31)[C@H](c1ccccc1Cl)[C@@H]([N+](=O)[O-])CO2. The highest BCUT2D eigenvalue weighted by atomic mass is 35.5. The number of fused-ring (bicyclic) bond motifs is 1. The summed E-state index contributed by atoms with van der Waals surface area (Å²) in [5, 5.41) is 11.9. The second-order valence-electron chi connectivity index (χ2n) is 6.11. The summed E-state index contributed by atoms with van der Waals surface area (Å²) in [5.41, 5.74) is 0.913. The van der Waals surface area contributed by atoms with Gasteiger partial charge in [0.15, 0.2) is 18.1 Å². The van der Waals surface area contributed by atoms with Gasteiger partial charge in [-0.2, -0.15) is 0 Å². The van der Waals surface area contributed by atoms with E-state index in [1.807, 2.05) is 0 Å². The zero-order chi connectivity index (χ0) is 18.4. The van der Waals surface area contributed by atoms with Crippen LogP contribution in [0.25, 0.3) is 0 Å². The van der Waals surface area contributed by atoms with Crippen LogP contribution in [0.15, 0.2) is 59.9 Å². The van der Waals surface area contributed by atoms with Gasteiger partial charge in [0, 0.05) is 21.1 Å². The van der Waals surface area contributed by atoms with Crippen LogP contribution in [0.3, 0.4) is 0 Å². The monoisotopic (exact) mass is 369 g/mol. The molecule has 2 aliphatic rings. The fourth-order valence-electron chi connectivity index (χ4n) is 3.53. The van der Waals surface area contributed by atoms with Crippen LogP contribution in [-0.2, 0) is 4.74 Å². The Kier molecular flexibility index (Phi) is 3.85. The normalized spacial score (nSPS) is 21.7. The number of ketones is 2. The maximum absolute atomic E-state index is 13.1. The van der Waals surface area contributed by atoms with Crippen LogP contribution in [0.5, 0.6) is 0 Å². The van der Waals surface area contributed by atoms with E-state index in [0.717, 1.165) is 0 Å². The quantitative estimate of drug-likeness (QED) is 0.598. The third-order valence-electron chi connectivity index (χ3n) is 4.72. The molecular weight excluding hydrogens is 358 g/mol. The first kappa shape index (κ1) is 16.5. The minimum absolute atomic E-state index is 0.00903. The van der Waals surface area contributed by atoms with E-state index in [1.54, 1.807) is 48.5 Å². The van der Waals surface area contributed by atoms with Crippen molar-refractivity contribution >= 4 is 23.2 Å². The van der Waals surface area contributed by atoms with Gasteiger partial charge in [0.1, 0.15) is 0 Å².